The normalized spacial score (nSPS) is 22.3. The Labute approximate surface area is 180 Å². The third-order valence-electron chi connectivity index (χ3n) is 5.15. The largest absolute Gasteiger partial charge is 0.477 e. The second-order valence-corrected chi connectivity index (χ2v) is 10.8. The Morgan fingerprint density at radius 2 is 1.30 bits per heavy atom. The molecule has 4 heteroatoms. The van der Waals surface area contributed by atoms with Crippen LogP contribution in [0.2, 0.25) is 0 Å². The fourth-order valence-electron chi connectivity index (χ4n) is 3.73. The molecule has 0 spiro atoms. The van der Waals surface area contributed by atoms with Crippen molar-refractivity contribution in [3.8, 4) is 16.9 Å². The number of allylic oxidation sites excluding steroid dienone is 4. The smallest absolute Gasteiger partial charge is 0.131 e. The fourth-order valence-corrected chi connectivity index (χ4v) is 8.09. The van der Waals surface area contributed by atoms with E-state index in [1.165, 1.54) is 27.3 Å². The Morgan fingerprint density at radius 1 is 0.600 bits per heavy atom. The molecule has 0 aliphatic carbocycles. The van der Waals surface area contributed by atoms with Gasteiger partial charge >= 0.3 is 0 Å². The van der Waals surface area contributed by atoms with Crippen molar-refractivity contribution in [1.82, 2.24) is 0 Å². The summed E-state index contributed by atoms with van der Waals surface area (Å²) in [4.78, 5) is 0. The summed E-state index contributed by atoms with van der Waals surface area (Å²) in [6, 6.07) is 25.6. The standard InChI is InChI=1S/C26H22O2P2/c1-2-10-18-27-29(25-16-8-4-12-21(25)11-3-1)19-20-30-26-17-9-6-14-23(26)22-13-5-7-15-24(22)28-30/h1-18H,19-20H2/b2-1-,11-3+,18-10+. The minimum Gasteiger partial charge on any atom is -0.477 e. The predicted octanol–water partition coefficient (Wildman–Crippen LogP) is 6.60. The molecule has 0 aromatic heterocycles. The van der Waals surface area contributed by atoms with E-state index in [0.29, 0.717) is 0 Å². The topological polar surface area (TPSA) is 18.5 Å². The maximum Gasteiger partial charge on any atom is 0.131 e. The van der Waals surface area contributed by atoms with Crippen molar-refractivity contribution >= 4 is 33.0 Å². The van der Waals surface area contributed by atoms with Crippen molar-refractivity contribution < 1.29 is 9.05 Å². The summed E-state index contributed by atoms with van der Waals surface area (Å²) in [5.41, 5.74) is 3.72. The molecule has 0 saturated carbocycles. The van der Waals surface area contributed by atoms with Crippen LogP contribution in [-0.2, 0) is 4.52 Å². The lowest BCUT2D eigenvalue weighted by atomic mass is 10.0. The monoisotopic (exact) mass is 428 g/mol. The molecular weight excluding hydrogens is 406 g/mol. The van der Waals surface area contributed by atoms with Gasteiger partial charge < -0.3 is 9.05 Å². The summed E-state index contributed by atoms with van der Waals surface area (Å²) in [7, 11) is -1.51. The van der Waals surface area contributed by atoms with E-state index in [9.17, 15) is 0 Å². The number of benzene rings is 3. The molecule has 148 valence electrons. The van der Waals surface area contributed by atoms with Crippen molar-refractivity contribution in [2.75, 3.05) is 12.3 Å². The summed E-state index contributed by atoms with van der Waals surface area (Å²) < 4.78 is 12.8. The van der Waals surface area contributed by atoms with Gasteiger partial charge in [0.05, 0.1) is 6.26 Å². The Bertz CT molecular complexity index is 1130. The lowest BCUT2D eigenvalue weighted by Gasteiger charge is -2.29. The molecule has 2 aliphatic rings. The summed E-state index contributed by atoms with van der Waals surface area (Å²) in [6.45, 7) is 0. The highest BCUT2D eigenvalue weighted by Crippen LogP contribution is 2.51. The maximum absolute atomic E-state index is 6.51. The summed E-state index contributed by atoms with van der Waals surface area (Å²) >= 11 is 0. The second kappa shape index (κ2) is 9.00. The molecule has 2 heterocycles. The Kier molecular flexibility index (Phi) is 5.80. The van der Waals surface area contributed by atoms with Crippen LogP contribution in [0, 0.1) is 0 Å². The van der Waals surface area contributed by atoms with E-state index in [1.807, 2.05) is 24.5 Å². The van der Waals surface area contributed by atoms with Crippen molar-refractivity contribution in [2.24, 2.45) is 0 Å². The third-order valence-corrected chi connectivity index (χ3v) is 9.42. The van der Waals surface area contributed by atoms with Gasteiger partial charge in [0.1, 0.15) is 22.0 Å². The molecule has 0 radical (unpaired) electrons. The third kappa shape index (κ3) is 3.99. The van der Waals surface area contributed by atoms with Gasteiger partial charge in [-0.25, -0.2) is 0 Å². The minimum absolute atomic E-state index is 0.735. The fraction of sp³-hybridized carbons (Fsp3) is 0.0769. The first-order chi connectivity index (χ1) is 14.9. The average molecular weight is 428 g/mol. The van der Waals surface area contributed by atoms with Gasteiger partial charge in [-0.2, -0.15) is 0 Å². The van der Waals surface area contributed by atoms with E-state index in [1.54, 1.807) is 0 Å². The molecule has 2 aliphatic heterocycles. The molecule has 0 bridgehead atoms. The van der Waals surface area contributed by atoms with E-state index in [4.69, 9.17) is 9.05 Å². The van der Waals surface area contributed by atoms with E-state index < -0.39 is 16.3 Å². The van der Waals surface area contributed by atoms with Crippen LogP contribution in [0.4, 0.5) is 0 Å². The highest BCUT2D eigenvalue weighted by molar-refractivity contribution is 7.65. The lowest BCUT2D eigenvalue weighted by molar-refractivity contribution is 0.542. The molecule has 2 atom stereocenters. The molecule has 0 N–H and O–H groups in total. The Hall–Kier alpha value is -2.66. The summed E-state index contributed by atoms with van der Waals surface area (Å²) in [5.74, 6) is 0.996. The summed E-state index contributed by atoms with van der Waals surface area (Å²) in [5, 5.41) is 2.61. The van der Waals surface area contributed by atoms with E-state index in [2.05, 4.69) is 84.9 Å². The van der Waals surface area contributed by atoms with E-state index in [0.717, 1.165) is 18.1 Å². The highest BCUT2D eigenvalue weighted by Gasteiger charge is 2.27. The van der Waals surface area contributed by atoms with Crippen LogP contribution in [0.3, 0.4) is 0 Å². The number of para-hydroxylation sites is 1. The van der Waals surface area contributed by atoms with Crippen molar-refractivity contribution in [3.05, 3.63) is 109 Å². The van der Waals surface area contributed by atoms with Crippen LogP contribution in [0.15, 0.2) is 103 Å². The molecule has 2 unspecified atom stereocenters. The second-order valence-electron chi connectivity index (χ2n) is 7.05. The van der Waals surface area contributed by atoms with Crippen LogP contribution in [0.25, 0.3) is 17.2 Å². The van der Waals surface area contributed by atoms with Gasteiger partial charge in [0, 0.05) is 28.5 Å². The van der Waals surface area contributed by atoms with Crippen molar-refractivity contribution in [3.63, 3.8) is 0 Å². The van der Waals surface area contributed by atoms with Gasteiger partial charge in [-0.15, -0.1) is 0 Å². The molecule has 30 heavy (non-hydrogen) atoms. The molecule has 5 rings (SSSR count). The van der Waals surface area contributed by atoms with Gasteiger partial charge in [0.2, 0.25) is 0 Å². The van der Waals surface area contributed by atoms with Crippen molar-refractivity contribution in [1.29, 1.82) is 0 Å². The number of fused-ring (bicyclic) bond motifs is 4. The molecule has 3 aromatic carbocycles. The lowest BCUT2D eigenvalue weighted by Crippen LogP contribution is -2.18. The predicted molar refractivity (Wildman–Crippen MR) is 130 cm³/mol. The Balaban J connectivity index is 1.43. The van der Waals surface area contributed by atoms with E-state index >= 15 is 0 Å². The molecule has 0 amide bonds. The van der Waals surface area contributed by atoms with Gasteiger partial charge in [0.25, 0.3) is 0 Å². The zero-order chi connectivity index (χ0) is 20.2. The average Bonchev–Trinajstić information content (AvgIpc) is 2.81. The van der Waals surface area contributed by atoms with Crippen LogP contribution in [-0.4, -0.2) is 12.3 Å². The maximum atomic E-state index is 6.51. The number of hydrogen-bond donors (Lipinski definition) is 0. The SMILES string of the molecule is C1=C\C=C\c2ccccc2P(CCP2Oc3ccccc3-c3ccccc32)O/C=C/1. The molecule has 2 nitrogen and oxygen atoms in total. The first-order valence-electron chi connectivity index (χ1n) is 10.1. The molecule has 0 fully saturated rings. The quantitative estimate of drug-likeness (QED) is 0.438. The Morgan fingerprint density at radius 3 is 2.23 bits per heavy atom. The van der Waals surface area contributed by atoms with Crippen LogP contribution >= 0.6 is 16.3 Å². The summed E-state index contributed by atoms with van der Waals surface area (Å²) in [6.07, 6.45) is 14.0. The van der Waals surface area contributed by atoms with Crippen LogP contribution < -0.4 is 15.1 Å². The minimum atomic E-state index is -0.777. The molecule has 0 saturated heterocycles. The van der Waals surface area contributed by atoms with E-state index in [-0.39, 0.29) is 0 Å². The zero-order valence-corrected chi connectivity index (χ0v) is 18.3. The number of rotatable bonds is 3. The van der Waals surface area contributed by atoms with Gasteiger partial charge in [0.15, 0.2) is 0 Å². The van der Waals surface area contributed by atoms with Gasteiger partial charge in [-0.1, -0.05) is 91.0 Å². The first-order valence-corrected chi connectivity index (χ1v) is 13.0. The highest BCUT2D eigenvalue weighted by atomic mass is 31.1. The van der Waals surface area contributed by atoms with Gasteiger partial charge in [-0.05, 0) is 23.3 Å². The number of hydrogen-bond acceptors (Lipinski definition) is 2. The van der Waals surface area contributed by atoms with Gasteiger partial charge in [-0.3, -0.25) is 0 Å². The van der Waals surface area contributed by atoms with Crippen LogP contribution in [0.5, 0.6) is 5.75 Å². The molecule has 3 aromatic rings. The first kappa shape index (κ1) is 19.3. The molecular formula is C26H22O2P2. The van der Waals surface area contributed by atoms with Crippen molar-refractivity contribution in [2.45, 2.75) is 0 Å². The van der Waals surface area contributed by atoms with Crippen LogP contribution in [0.1, 0.15) is 5.56 Å². The zero-order valence-electron chi connectivity index (χ0n) is 16.5.